The molecule has 2 rings (SSSR count). The molecule has 1 aromatic heterocycles. The van der Waals surface area contributed by atoms with Crippen LogP contribution in [0.2, 0.25) is 51.4 Å². The lowest BCUT2D eigenvalue weighted by molar-refractivity contribution is 0.0600. The molecule has 0 aliphatic carbocycles. The summed E-state index contributed by atoms with van der Waals surface area (Å²) < 4.78 is 19.5. The second-order valence-corrected chi connectivity index (χ2v) is 21.7. The number of hydrogen-bond acceptors (Lipinski definition) is 6. The van der Waals surface area contributed by atoms with Gasteiger partial charge in [-0.25, -0.2) is 9.59 Å². The van der Waals surface area contributed by atoms with Gasteiger partial charge in [0.15, 0.2) is 0 Å². The average Bonchev–Trinajstić information content (AvgIpc) is 2.97. The van der Waals surface area contributed by atoms with Gasteiger partial charge in [-0.15, -0.1) is 0 Å². The van der Waals surface area contributed by atoms with E-state index in [1.54, 1.807) is 12.1 Å². The minimum atomic E-state index is -1.29. The summed E-state index contributed by atoms with van der Waals surface area (Å²) in [7, 11) is -1.26. The number of aliphatic hydroxyl groups excluding tert-OH is 1. The molecule has 0 radical (unpaired) electrons. The molecule has 32 heavy (non-hydrogen) atoms. The standard InChI is InChI=1S/C22H38N2O6Si2/c1-28-21(26)18-9-8-17(14-25)19-20(18)24(16-30-11-13-32(5,6)7)22(27)23(19)15-29-10-12-31(2,3)4/h8-9,25H,10-16H2,1-7H3. The van der Waals surface area contributed by atoms with Crippen LogP contribution >= 0.6 is 0 Å². The van der Waals surface area contributed by atoms with E-state index in [1.807, 2.05) is 0 Å². The van der Waals surface area contributed by atoms with Crippen molar-refractivity contribution in [3.05, 3.63) is 33.7 Å². The molecule has 0 bridgehead atoms. The van der Waals surface area contributed by atoms with E-state index in [4.69, 9.17) is 14.2 Å². The van der Waals surface area contributed by atoms with Gasteiger partial charge < -0.3 is 19.3 Å². The molecular formula is C22H38N2O6Si2. The van der Waals surface area contributed by atoms with Crippen molar-refractivity contribution in [1.82, 2.24) is 9.13 Å². The number of rotatable bonds is 12. The molecule has 0 amide bonds. The van der Waals surface area contributed by atoms with Crippen LogP contribution in [0.15, 0.2) is 16.9 Å². The fourth-order valence-electron chi connectivity index (χ4n) is 3.24. The predicted octanol–water partition coefficient (Wildman–Crippen LogP) is 3.71. The molecule has 1 N–H and O–H groups in total. The third-order valence-corrected chi connectivity index (χ3v) is 8.65. The van der Waals surface area contributed by atoms with Crippen molar-refractivity contribution in [2.75, 3.05) is 20.3 Å². The Morgan fingerprint density at radius 1 is 0.906 bits per heavy atom. The van der Waals surface area contributed by atoms with Crippen LogP contribution in [0.5, 0.6) is 0 Å². The highest BCUT2D eigenvalue weighted by Gasteiger charge is 2.24. The number of fused-ring (bicyclic) bond motifs is 1. The first-order valence-corrected chi connectivity index (χ1v) is 18.4. The first kappa shape index (κ1) is 26.5. The molecule has 2 aromatic rings. The van der Waals surface area contributed by atoms with Crippen molar-refractivity contribution < 1.29 is 24.1 Å². The Hall–Kier alpha value is -1.73. The van der Waals surface area contributed by atoms with Crippen LogP contribution in [-0.4, -0.2) is 56.7 Å². The number of aliphatic hydroxyl groups is 1. The zero-order chi connectivity index (χ0) is 24.1. The minimum Gasteiger partial charge on any atom is -0.465 e. The minimum absolute atomic E-state index is 0.0145. The molecule has 0 saturated carbocycles. The fraction of sp³-hybridized carbons (Fsp3) is 0.636. The van der Waals surface area contributed by atoms with E-state index in [0.717, 1.165) is 12.1 Å². The maximum Gasteiger partial charge on any atom is 0.340 e. The van der Waals surface area contributed by atoms with Gasteiger partial charge in [-0.2, -0.15) is 0 Å². The number of hydrogen-bond donors (Lipinski definition) is 1. The van der Waals surface area contributed by atoms with E-state index >= 15 is 0 Å². The van der Waals surface area contributed by atoms with Gasteiger partial charge in [0.25, 0.3) is 0 Å². The van der Waals surface area contributed by atoms with Gasteiger partial charge in [0.1, 0.15) is 13.5 Å². The van der Waals surface area contributed by atoms with Crippen LogP contribution in [0, 0.1) is 0 Å². The number of ether oxygens (including phenoxy) is 3. The Morgan fingerprint density at radius 2 is 1.41 bits per heavy atom. The SMILES string of the molecule is COC(=O)c1ccc(CO)c2c1n(COCC[Si](C)(C)C)c(=O)n2COCC[Si](C)(C)C. The fourth-order valence-corrected chi connectivity index (χ4v) is 4.76. The van der Waals surface area contributed by atoms with Gasteiger partial charge >= 0.3 is 11.7 Å². The smallest absolute Gasteiger partial charge is 0.340 e. The van der Waals surface area contributed by atoms with Gasteiger partial charge in [0.2, 0.25) is 0 Å². The van der Waals surface area contributed by atoms with Crippen LogP contribution < -0.4 is 5.69 Å². The molecular weight excluding hydrogens is 444 g/mol. The third-order valence-electron chi connectivity index (χ3n) is 5.25. The number of carbonyl (C=O) groups is 1. The number of nitrogens with zero attached hydrogens (tertiary/aromatic N) is 2. The maximum atomic E-state index is 13.4. The lowest BCUT2D eigenvalue weighted by Gasteiger charge is -2.15. The second-order valence-electron chi connectivity index (χ2n) is 10.5. The molecule has 1 aromatic carbocycles. The molecule has 0 spiro atoms. The van der Waals surface area contributed by atoms with E-state index in [0.29, 0.717) is 29.8 Å². The molecule has 0 fully saturated rings. The lowest BCUT2D eigenvalue weighted by Crippen LogP contribution is -2.28. The summed E-state index contributed by atoms with van der Waals surface area (Å²) >= 11 is 0. The molecule has 10 heteroatoms. The number of carbonyl (C=O) groups excluding carboxylic acids is 1. The summed E-state index contributed by atoms with van der Waals surface area (Å²) in [4.78, 5) is 25.8. The van der Waals surface area contributed by atoms with Crippen molar-refractivity contribution in [3.8, 4) is 0 Å². The molecule has 0 saturated heterocycles. The molecule has 0 aliphatic rings. The van der Waals surface area contributed by atoms with E-state index in [9.17, 15) is 14.7 Å². The van der Waals surface area contributed by atoms with E-state index in [-0.39, 0.29) is 31.3 Å². The van der Waals surface area contributed by atoms with Gasteiger partial charge in [0, 0.05) is 34.9 Å². The average molecular weight is 483 g/mol. The monoisotopic (exact) mass is 482 g/mol. The lowest BCUT2D eigenvalue weighted by atomic mass is 10.1. The van der Waals surface area contributed by atoms with Crippen LogP contribution in [0.3, 0.4) is 0 Å². The molecule has 180 valence electrons. The van der Waals surface area contributed by atoms with Gasteiger partial charge in [-0.1, -0.05) is 45.3 Å². The summed E-state index contributed by atoms with van der Waals surface area (Å²) in [6, 6.07) is 5.16. The molecule has 0 unspecified atom stereocenters. The zero-order valence-electron chi connectivity index (χ0n) is 20.5. The highest BCUT2D eigenvalue weighted by Crippen LogP contribution is 2.24. The molecule has 8 nitrogen and oxygen atoms in total. The van der Waals surface area contributed by atoms with E-state index < -0.39 is 22.1 Å². The number of imidazole rings is 1. The maximum absolute atomic E-state index is 13.4. The Bertz CT molecular complexity index is 985. The Morgan fingerprint density at radius 3 is 1.84 bits per heavy atom. The molecule has 0 atom stereocenters. The summed E-state index contributed by atoms with van der Waals surface area (Å²) in [6.07, 6.45) is 0. The predicted molar refractivity (Wildman–Crippen MR) is 132 cm³/mol. The summed E-state index contributed by atoms with van der Waals surface area (Å²) in [5, 5.41) is 9.93. The van der Waals surface area contributed by atoms with Gasteiger partial charge in [-0.05, 0) is 18.2 Å². The van der Waals surface area contributed by atoms with Crippen LogP contribution in [-0.2, 0) is 34.3 Å². The summed E-state index contributed by atoms with van der Waals surface area (Å²) in [5.41, 5.74) is 1.33. The van der Waals surface area contributed by atoms with Gasteiger partial charge in [-0.3, -0.25) is 9.13 Å². The van der Waals surface area contributed by atoms with Gasteiger partial charge in [0.05, 0.1) is 30.3 Å². The largest absolute Gasteiger partial charge is 0.465 e. The second kappa shape index (κ2) is 10.9. The topological polar surface area (TPSA) is 91.9 Å². The Balaban J connectivity index is 2.48. The van der Waals surface area contributed by atoms with Crippen molar-refractivity contribution in [2.45, 2.75) is 71.4 Å². The summed E-state index contributed by atoms with van der Waals surface area (Å²) in [5.74, 6) is -0.549. The normalized spacial score (nSPS) is 12.5. The van der Waals surface area contributed by atoms with E-state index in [1.165, 1.54) is 16.2 Å². The summed E-state index contributed by atoms with van der Waals surface area (Å²) in [6.45, 7) is 14.4. The van der Waals surface area contributed by atoms with Crippen LogP contribution in [0.1, 0.15) is 15.9 Å². The van der Waals surface area contributed by atoms with Crippen LogP contribution in [0.4, 0.5) is 0 Å². The van der Waals surface area contributed by atoms with Crippen molar-refractivity contribution in [2.24, 2.45) is 0 Å². The molecule has 1 heterocycles. The molecule has 0 aliphatic heterocycles. The first-order valence-electron chi connectivity index (χ1n) is 11.0. The number of esters is 1. The Kier molecular flexibility index (Phi) is 9.06. The number of aromatic nitrogens is 2. The van der Waals surface area contributed by atoms with E-state index in [2.05, 4.69) is 39.3 Å². The highest BCUT2D eigenvalue weighted by molar-refractivity contribution is 6.76. The first-order chi connectivity index (χ1) is 14.9. The Labute approximate surface area is 192 Å². The number of methoxy groups -OCH3 is 1. The zero-order valence-corrected chi connectivity index (χ0v) is 22.5. The highest BCUT2D eigenvalue weighted by atomic mass is 28.3. The van der Waals surface area contributed by atoms with Crippen LogP contribution in [0.25, 0.3) is 11.0 Å². The van der Waals surface area contributed by atoms with Crippen molar-refractivity contribution in [1.29, 1.82) is 0 Å². The third kappa shape index (κ3) is 6.88. The number of benzene rings is 1. The van der Waals surface area contributed by atoms with Crippen molar-refractivity contribution >= 4 is 33.2 Å². The van der Waals surface area contributed by atoms with Crippen molar-refractivity contribution in [3.63, 3.8) is 0 Å². The quantitative estimate of drug-likeness (QED) is 0.282.